The Balaban J connectivity index is 1.94. The Morgan fingerprint density at radius 3 is 2.38 bits per heavy atom. The van der Waals surface area contributed by atoms with Crippen molar-refractivity contribution in [3.8, 4) is 0 Å². The average Bonchev–Trinajstić information content (AvgIpc) is 3.19. The van der Waals surface area contributed by atoms with E-state index in [9.17, 15) is 0 Å². The van der Waals surface area contributed by atoms with Crippen molar-refractivity contribution in [2.24, 2.45) is 17.8 Å². The highest BCUT2D eigenvalue weighted by Gasteiger charge is 2.20. The van der Waals surface area contributed by atoms with Crippen molar-refractivity contribution < 1.29 is 0 Å². The zero-order valence-corrected chi connectivity index (χ0v) is 14.2. The van der Waals surface area contributed by atoms with Gasteiger partial charge in [-0.05, 0) is 55.2 Å². The van der Waals surface area contributed by atoms with Crippen molar-refractivity contribution in [1.82, 2.24) is 10.3 Å². The van der Waals surface area contributed by atoms with Crippen LogP contribution >= 0.6 is 0 Å². The van der Waals surface area contributed by atoms with E-state index in [0.717, 1.165) is 30.6 Å². The molecule has 1 aliphatic rings. The molecule has 0 saturated heterocycles. The molecule has 3 heteroatoms. The number of nitrogens with one attached hydrogen (secondary N) is 2. The molecule has 0 bridgehead atoms. The molecule has 1 aliphatic carbocycles. The van der Waals surface area contributed by atoms with Crippen molar-refractivity contribution in [2.45, 2.75) is 60.0 Å². The molecule has 0 atom stereocenters. The van der Waals surface area contributed by atoms with Crippen LogP contribution in [0.25, 0.3) is 0 Å². The molecular weight excluding hydrogens is 258 g/mol. The smallest absolute Gasteiger partial charge is 0.126 e. The summed E-state index contributed by atoms with van der Waals surface area (Å²) >= 11 is 0. The zero-order chi connectivity index (χ0) is 15.4. The monoisotopic (exact) mass is 289 g/mol. The van der Waals surface area contributed by atoms with E-state index in [2.05, 4.69) is 62.4 Å². The third-order valence-electron chi connectivity index (χ3n) is 4.42. The first-order valence-electron chi connectivity index (χ1n) is 8.40. The maximum Gasteiger partial charge on any atom is 0.126 e. The molecule has 1 heterocycles. The van der Waals surface area contributed by atoms with Gasteiger partial charge in [0.15, 0.2) is 0 Å². The van der Waals surface area contributed by atoms with Crippen molar-refractivity contribution >= 4 is 5.82 Å². The highest BCUT2D eigenvalue weighted by molar-refractivity contribution is 5.39. The molecule has 1 aromatic rings. The molecule has 0 aromatic carbocycles. The summed E-state index contributed by atoms with van der Waals surface area (Å²) in [4.78, 5) is 4.63. The Kier molecular flexibility index (Phi) is 5.63. The van der Waals surface area contributed by atoms with Gasteiger partial charge in [0.2, 0.25) is 0 Å². The molecule has 0 amide bonds. The van der Waals surface area contributed by atoms with Crippen LogP contribution in [-0.2, 0) is 6.54 Å². The first-order chi connectivity index (χ1) is 9.95. The standard InChI is InChI=1S/C18H31N3/c1-12(2)17(13(3)4)11-20-18-9-15(8-14(5)21-18)10-19-16-6-7-16/h8-9,12-13,16-17,19H,6-7,10-11H2,1-5H3,(H,20,21). The predicted molar refractivity (Wildman–Crippen MR) is 90.5 cm³/mol. The number of aromatic nitrogens is 1. The Hall–Kier alpha value is -1.09. The SMILES string of the molecule is Cc1cc(CNC2CC2)cc(NCC(C(C)C)C(C)C)n1. The molecule has 2 N–H and O–H groups in total. The summed E-state index contributed by atoms with van der Waals surface area (Å²) in [5.41, 5.74) is 2.43. The molecule has 1 saturated carbocycles. The maximum atomic E-state index is 4.63. The summed E-state index contributed by atoms with van der Waals surface area (Å²) in [7, 11) is 0. The van der Waals surface area contributed by atoms with Crippen molar-refractivity contribution in [3.63, 3.8) is 0 Å². The average molecular weight is 289 g/mol. The second-order valence-corrected chi connectivity index (χ2v) is 7.19. The van der Waals surface area contributed by atoms with Crippen LogP contribution < -0.4 is 10.6 Å². The molecule has 0 aliphatic heterocycles. The number of rotatable bonds is 8. The Bertz CT molecular complexity index is 442. The molecule has 118 valence electrons. The van der Waals surface area contributed by atoms with Crippen LogP contribution in [0.1, 0.15) is 51.8 Å². The summed E-state index contributed by atoms with van der Waals surface area (Å²) in [6.07, 6.45) is 2.67. The van der Waals surface area contributed by atoms with Gasteiger partial charge in [-0.15, -0.1) is 0 Å². The van der Waals surface area contributed by atoms with Crippen molar-refractivity contribution in [1.29, 1.82) is 0 Å². The van der Waals surface area contributed by atoms with E-state index in [4.69, 9.17) is 0 Å². The second-order valence-electron chi connectivity index (χ2n) is 7.19. The van der Waals surface area contributed by atoms with E-state index in [-0.39, 0.29) is 0 Å². The Labute approximate surface area is 129 Å². The highest BCUT2D eigenvalue weighted by atomic mass is 15.0. The maximum absolute atomic E-state index is 4.63. The van der Waals surface area contributed by atoms with Crippen LogP contribution in [0.2, 0.25) is 0 Å². The van der Waals surface area contributed by atoms with Gasteiger partial charge >= 0.3 is 0 Å². The third kappa shape index (κ3) is 5.31. The number of anilines is 1. The van der Waals surface area contributed by atoms with Crippen LogP contribution in [0.5, 0.6) is 0 Å². The number of aryl methyl sites for hydroxylation is 1. The van der Waals surface area contributed by atoms with Crippen LogP contribution in [-0.4, -0.2) is 17.6 Å². The first-order valence-corrected chi connectivity index (χ1v) is 8.40. The molecule has 3 nitrogen and oxygen atoms in total. The molecular formula is C18H31N3. The van der Waals surface area contributed by atoms with E-state index < -0.39 is 0 Å². The molecule has 1 aromatic heterocycles. The number of pyridine rings is 1. The van der Waals surface area contributed by atoms with Gasteiger partial charge in [-0.3, -0.25) is 0 Å². The van der Waals surface area contributed by atoms with E-state index in [1.165, 1.54) is 18.4 Å². The molecule has 21 heavy (non-hydrogen) atoms. The number of hydrogen-bond acceptors (Lipinski definition) is 3. The van der Waals surface area contributed by atoms with E-state index in [0.29, 0.717) is 17.8 Å². The highest BCUT2D eigenvalue weighted by Crippen LogP contribution is 2.22. The van der Waals surface area contributed by atoms with Gasteiger partial charge in [0.25, 0.3) is 0 Å². The van der Waals surface area contributed by atoms with Gasteiger partial charge in [0.1, 0.15) is 5.82 Å². The van der Waals surface area contributed by atoms with E-state index in [1.807, 2.05) is 0 Å². The lowest BCUT2D eigenvalue weighted by Crippen LogP contribution is -2.25. The first kappa shape index (κ1) is 16.3. The fourth-order valence-electron chi connectivity index (χ4n) is 2.95. The summed E-state index contributed by atoms with van der Waals surface area (Å²) < 4.78 is 0. The summed E-state index contributed by atoms with van der Waals surface area (Å²) in [6.45, 7) is 13.3. The van der Waals surface area contributed by atoms with Crippen molar-refractivity contribution in [2.75, 3.05) is 11.9 Å². The van der Waals surface area contributed by atoms with Crippen LogP contribution in [0, 0.1) is 24.7 Å². The van der Waals surface area contributed by atoms with Crippen LogP contribution in [0.3, 0.4) is 0 Å². The van der Waals surface area contributed by atoms with Gasteiger partial charge in [-0.25, -0.2) is 4.98 Å². The van der Waals surface area contributed by atoms with Gasteiger partial charge in [-0.1, -0.05) is 27.7 Å². The van der Waals surface area contributed by atoms with Gasteiger partial charge in [0.05, 0.1) is 0 Å². The minimum atomic E-state index is 0.681. The van der Waals surface area contributed by atoms with E-state index in [1.54, 1.807) is 0 Å². The lowest BCUT2D eigenvalue weighted by molar-refractivity contribution is 0.304. The molecule has 1 fully saturated rings. The lowest BCUT2D eigenvalue weighted by Gasteiger charge is -2.25. The molecule has 0 unspecified atom stereocenters. The molecule has 0 radical (unpaired) electrons. The molecule has 0 spiro atoms. The summed E-state index contributed by atoms with van der Waals surface area (Å²) in [5.74, 6) is 3.09. The Morgan fingerprint density at radius 2 is 1.81 bits per heavy atom. The largest absolute Gasteiger partial charge is 0.370 e. The summed E-state index contributed by atoms with van der Waals surface area (Å²) in [6, 6.07) is 5.13. The van der Waals surface area contributed by atoms with E-state index >= 15 is 0 Å². The van der Waals surface area contributed by atoms with Crippen LogP contribution in [0.15, 0.2) is 12.1 Å². The van der Waals surface area contributed by atoms with Gasteiger partial charge in [0, 0.05) is 24.8 Å². The quantitative estimate of drug-likeness (QED) is 0.760. The predicted octanol–water partition coefficient (Wildman–Crippen LogP) is 3.98. The third-order valence-corrected chi connectivity index (χ3v) is 4.42. The lowest BCUT2D eigenvalue weighted by atomic mass is 9.85. The number of hydrogen-bond donors (Lipinski definition) is 2. The van der Waals surface area contributed by atoms with Gasteiger partial charge < -0.3 is 10.6 Å². The minimum absolute atomic E-state index is 0.681. The minimum Gasteiger partial charge on any atom is -0.370 e. The topological polar surface area (TPSA) is 37.0 Å². The van der Waals surface area contributed by atoms with Gasteiger partial charge in [-0.2, -0.15) is 0 Å². The fraction of sp³-hybridized carbons (Fsp3) is 0.722. The zero-order valence-electron chi connectivity index (χ0n) is 14.2. The van der Waals surface area contributed by atoms with Crippen molar-refractivity contribution in [3.05, 3.63) is 23.4 Å². The fourth-order valence-corrected chi connectivity index (χ4v) is 2.95. The normalized spacial score (nSPS) is 15.2. The number of nitrogens with zero attached hydrogens (tertiary/aromatic N) is 1. The Morgan fingerprint density at radius 1 is 1.14 bits per heavy atom. The second kappa shape index (κ2) is 7.26. The summed E-state index contributed by atoms with van der Waals surface area (Å²) in [5, 5.41) is 7.13. The molecule has 2 rings (SSSR count). The van der Waals surface area contributed by atoms with Crippen LogP contribution in [0.4, 0.5) is 5.82 Å².